The fourth-order valence-electron chi connectivity index (χ4n) is 1.19. The normalized spacial score (nSPS) is 9.41. The molecule has 0 aliphatic rings. The van der Waals surface area contributed by atoms with E-state index in [1.807, 2.05) is 6.07 Å². The van der Waals surface area contributed by atoms with Gasteiger partial charge in [0, 0.05) is 0 Å². The van der Waals surface area contributed by atoms with E-state index in [2.05, 4.69) is 9.97 Å². The van der Waals surface area contributed by atoms with E-state index in [1.54, 1.807) is 31.4 Å². The van der Waals surface area contributed by atoms with E-state index >= 15 is 0 Å². The van der Waals surface area contributed by atoms with Crippen molar-refractivity contribution in [1.82, 2.24) is 9.97 Å². The first-order valence-corrected chi connectivity index (χ1v) is 4.86. The molecule has 5 nitrogen and oxygen atoms in total. The second kappa shape index (κ2) is 4.94. The molecule has 1 aromatic carbocycles. The lowest BCUT2D eigenvalue weighted by atomic mass is 10.3. The molecule has 0 fully saturated rings. The average molecular weight is 227 g/mol. The van der Waals surface area contributed by atoms with Crippen LogP contribution in [-0.2, 0) is 0 Å². The predicted molar refractivity (Wildman–Crippen MR) is 59.8 cm³/mol. The van der Waals surface area contributed by atoms with Crippen molar-refractivity contribution in [3.8, 4) is 23.4 Å². The lowest BCUT2D eigenvalue weighted by Crippen LogP contribution is -1.91. The zero-order valence-electron chi connectivity index (χ0n) is 9.12. The Morgan fingerprint density at radius 1 is 1.06 bits per heavy atom. The fourth-order valence-corrected chi connectivity index (χ4v) is 1.19. The van der Waals surface area contributed by atoms with Gasteiger partial charge in [-0.3, -0.25) is 0 Å². The Hall–Kier alpha value is -2.61. The van der Waals surface area contributed by atoms with Gasteiger partial charge in [-0.25, -0.2) is 9.97 Å². The summed E-state index contributed by atoms with van der Waals surface area (Å²) in [7, 11) is 1.60. The van der Waals surface area contributed by atoms with Crippen LogP contribution in [0.15, 0.2) is 36.7 Å². The SMILES string of the molecule is COc1ccc(Oc2cnc(C#N)cn2)cc1. The fraction of sp³-hybridized carbons (Fsp3) is 0.0833. The van der Waals surface area contributed by atoms with Crippen LogP contribution in [0.1, 0.15) is 5.69 Å². The van der Waals surface area contributed by atoms with Crippen molar-refractivity contribution in [2.45, 2.75) is 0 Å². The molecule has 0 radical (unpaired) electrons. The molecule has 0 N–H and O–H groups in total. The molecule has 1 aromatic heterocycles. The first-order valence-electron chi connectivity index (χ1n) is 4.86. The van der Waals surface area contributed by atoms with Crippen LogP contribution in [0.4, 0.5) is 0 Å². The standard InChI is InChI=1S/C12H9N3O2/c1-16-10-2-4-11(5-3-10)17-12-8-14-9(6-13)7-15-12/h2-5,7-8H,1H3. The largest absolute Gasteiger partial charge is 0.497 e. The predicted octanol–water partition coefficient (Wildman–Crippen LogP) is 2.15. The number of methoxy groups -OCH3 is 1. The monoisotopic (exact) mass is 227 g/mol. The third-order valence-corrected chi connectivity index (χ3v) is 2.02. The zero-order valence-corrected chi connectivity index (χ0v) is 9.12. The van der Waals surface area contributed by atoms with E-state index in [4.69, 9.17) is 14.7 Å². The molecule has 0 aliphatic carbocycles. The molecule has 0 unspecified atom stereocenters. The van der Waals surface area contributed by atoms with E-state index in [0.29, 0.717) is 11.6 Å². The van der Waals surface area contributed by atoms with E-state index in [-0.39, 0.29) is 5.69 Å². The smallest absolute Gasteiger partial charge is 0.237 e. The second-order valence-electron chi connectivity index (χ2n) is 3.13. The Morgan fingerprint density at radius 3 is 2.29 bits per heavy atom. The highest BCUT2D eigenvalue weighted by molar-refractivity contribution is 5.33. The molecule has 0 bridgehead atoms. The van der Waals surface area contributed by atoms with Crippen molar-refractivity contribution in [3.63, 3.8) is 0 Å². The molecule has 0 saturated carbocycles. The molecular formula is C12H9N3O2. The maximum Gasteiger partial charge on any atom is 0.237 e. The minimum atomic E-state index is 0.257. The van der Waals surface area contributed by atoms with Crippen molar-refractivity contribution in [2.24, 2.45) is 0 Å². The van der Waals surface area contributed by atoms with Crippen molar-refractivity contribution in [1.29, 1.82) is 5.26 Å². The van der Waals surface area contributed by atoms with Crippen LogP contribution >= 0.6 is 0 Å². The van der Waals surface area contributed by atoms with Gasteiger partial charge in [-0.1, -0.05) is 0 Å². The highest BCUT2D eigenvalue weighted by atomic mass is 16.5. The van der Waals surface area contributed by atoms with Crippen molar-refractivity contribution >= 4 is 0 Å². The number of aromatic nitrogens is 2. The van der Waals surface area contributed by atoms with Crippen molar-refractivity contribution < 1.29 is 9.47 Å². The van der Waals surface area contributed by atoms with Gasteiger partial charge < -0.3 is 9.47 Å². The van der Waals surface area contributed by atoms with Gasteiger partial charge in [-0.05, 0) is 24.3 Å². The third-order valence-electron chi connectivity index (χ3n) is 2.02. The van der Waals surface area contributed by atoms with Crippen LogP contribution in [0.3, 0.4) is 0 Å². The quantitative estimate of drug-likeness (QED) is 0.803. The van der Waals surface area contributed by atoms with Crippen LogP contribution in [0.25, 0.3) is 0 Å². The number of nitriles is 1. The minimum Gasteiger partial charge on any atom is -0.497 e. The number of benzene rings is 1. The Labute approximate surface area is 98.3 Å². The summed E-state index contributed by atoms with van der Waals surface area (Å²) in [5, 5.41) is 8.57. The highest BCUT2D eigenvalue weighted by Crippen LogP contribution is 2.21. The van der Waals surface area contributed by atoms with Crippen LogP contribution in [0.2, 0.25) is 0 Å². The summed E-state index contributed by atoms with van der Waals surface area (Å²) in [6, 6.07) is 8.98. The van der Waals surface area contributed by atoms with E-state index in [1.165, 1.54) is 12.4 Å². The molecule has 0 saturated heterocycles. The van der Waals surface area contributed by atoms with Crippen LogP contribution in [0, 0.1) is 11.3 Å². The van der Waals surface area contributed by atoms with Gasteiger partial charge >= 0.3 is 0 Å². The van der Waals surface area contributed by atoms with E-state index < -0.39 is 0 Å². The van der Waals surface area contributed by atoms with Gasteiger partial charge in [0.1, 0.15) is 17.6 Å². The number of ether oxygens (including phenoxy) is 2. The van der Waals surface area contributed by atoms with Gasteiger partial charge in [0.15, 0.2) is 5.69 Å². The molecule has 84 valence electrons. The lowest BCUT2D eigenvalue weighted by molar-refractivity contribution is 0.412. The van der Waals surface area contributed by atoms with Gasteiger partial charge in [-0.15, -0.1) is 0 Å². The topological polar surface area (TPSA) is 68.0 Å². The van der Waals surface area contributed by atoms with Crippen LogP contribution in [0.5, 0.6) is 17.4 Å². The molecular weight excluding hydrogens is 218 g/mol. The Kier molecular flexibility index (Phi) is 3.17. The van der Waals surface area contributed by atoms with Crippen LogP contribution < -0.4 is 9.47 Å². The molecule has 0 spiro atoms. The summed E-state index contributed by atoms with van der Waals surface area (Å²) >= 11 is 0. The molecule has 0 aliphatic heterocycles. The lowest BCUT2D eigenvalue weighted by Gasteiger charge is -2.04. The average Bonchev–Trinajstić information content (AvgIpc) is 2.40. The molecule has 1 heterocycles. The molecule has 2 rings (SSSR count). The summed E-state index contributed by atoms with van der Waals surface area (Å²) in [6.07, 6.45) is 2.77. The third kappa shape index (κ3) is 2.69. The van der Waals surface area contributed by atoms with Crippen molar-refractivity contribution in [2.75, 3.05) is 7.11 Å². The first kappa shape index (κ1) is 10.9. The maximum absolute atomic E-state index is 8.57. The van der Waals surface area contributed by atoms with Crippen LogP contribution in [-0.4, -0.2) is 17.1 Å². The van der Waals surface area contributed by atoms with Gasteiger partial charge in [0.2, 0.25) is 5.88 Å². The first-order chi connectivity index (χ1) is 8.31. The number of hydrogen-bond donors (Lipinski definition) is 0. The Balaban J connectivity index is 2.11. The highest BCUT2D eigenvalue weighted by Gasteiger charge is 2.00. The molecule has 5 heteroatoms. The summed E-state index contributed by atoms with van der Waals surface area (Å²) in [5.74, 6) is 1.72. The second-order valence-corrected chi connectivity index (χ2v) is 3.13. The van der Waals surface area contributed by atoms with Gasteiger partial charge in [-0.2, -0.15) is 5.26 Å². The summed E-state index contributed by atoms with van der Waals surface area (Å²) in [6.45, 7) is 0. The summed E-state index contributed by atoms with van der Waals surface area (Å²) in [5.41, 5.74) is 0.257. The van der Waals surface area contributed by atoms with E-state index in [9.17, 15) is 0 Å². The van der Waals surface area contributed by atoms with Crippen molar-refractivity contribution in [3.05, 3.63) is 42.4 Å². The maximum atomic E-state index is 8.57. The van der Waals surface area contributed by atoms with E-state index in [0.717, 1.165) is 5.75 Å². The summed E-state index contributed by atoms with van der Waals surface area (Å²) in [4.78, 5) is 7.80. The molecule has 17 heavy (non-hydrogen) atoms. The Morgan fingerprint density at radius 2 is 1.76 bits per heavy atom. The zero-order chi connectivity index (χ0) is 12.1. The number of hydrogen-bond acceptors (Lipinski definition) is 5. The number of nitrogens with zero attached hydrogens (tertiary/aromatic N) is 3. The summed E-state index contributed by atoms with van der Waals surface area (Å²) < 4.78 is 10.5. The minimum absolute atomic E-state index is 0.257. The molecule has 0 atom stereocenters. The number of rotatable bonds is 3. The molecule has 0 amide bonds. The van der Waals surface area contributed by atoms with Gasteiger partial charge in [0.25, 0.3) is 0 Å². The van der Waals surface area contributed by atoms with Gasteiger partial charge in [0.05, 0.1) is 19.5 Å². The molecule has 2 aromatic rings. The Bertz CT molecular complexity index is 529.